The summed E-state index contributed by atoms with van der Waals surface area (Å²) < 4.78 is 12.5. The van der Waals surface area contributed by atoms with Gasteiger partial charge in [0.1, 0.15) is 13.2 Å². The van der Waals surface area contributed by atoms with Crippen molar-refractivity contribution in [3.05, 3.63) is 48.6 Å². The van der Waals surface area contributed by atoms with E-state index in [9.17, 15) is 38.4 Å². The first-order valence-electron chi connectivity index (χ1n) is 9.68. The maximum absolute atomic E-state index is 10.3. The van der Waals surface area contributed by atoms with E-state index in [1.54, 1.807) is 0 Å². The summed E-state index contributed by atoms with van der Waals surface area (Å²) in [4.78, 5) is 81.2. The van der Waals surface area contributed by atoms with E-state index >= 15 is 0 Å². The van der Waals surface area contributed by atoms with Crippen LogP contribution in [0.2, 0.25) is 0 Å². The van der Waals surface area contributed by atoms with Crippen molar-refractivity contribution in [3.63, 3.8) is 0 Å². The zero-order valence-corrected chi connectivity index (χ0v) is 20.9. The number of hydrogen-bond acceptors (Lipinski definition) is 13. The second-order valence-electron chi connectivity index (χ2n) is 5.71. The van der Waals surface area contributed by atoms with Crippen molar-refractivity contribution in [2.45, 2.75) is 36.1 Å². The van der Waals surface area contributed by atoms with Crippen LogP contribution in [0.5, 0.6) is 0 Å². The van der Waals surface area contributed by atoms with Gasteiger partial charge in [-0.1, -0.05) is 22.3 Å². The molecule has 0 saturated heterocycles. The highest BCUT2D eigenvalue weighted by atomic mass is 16.5. The summed E-state index contributed by atoms with van der Waals surface area (Å²) in [5.41, 5.74) is 0. The van der Waals surface area contributed by atoms with Crippen molar-refractivity contribution in [3.8, 4) is 0 Å². The molecule has 0 heterocycles. The molecule has 0 aromatic rings. The Bertz CT molecular complexity index is 789. The van der Waals surface area contributed by atoms with E-state index in [2.05, 4.69) is 14.2 Å². The molecule has 230 valence electrons. The highest BCUT2D eigenvalue weighted by Crippen LogP contribution is 1.80. The van der Waals surface area contributed by atoms with Crippen LogP contribution in [0.15, 0.2) is 48.6 Å². The number of carboxylic acids is 1. The summed E-state index contributed by atoms with van der Waals surface area (Å²) in [6.07, 6.45) is 7.90. The quantitative estimate of drug-likeness (QED) is 0.187. The Morgan fingerprint density at radius 2 is 0.750 bits per heavy atom. The lowest BCUT2D eigenvalue weighted by Crippen LogP contribution is -1.98. The number of methoxy groups -OCH3 is 3. The second-order valence-corrected chi connectivity index (χ2v) is 5.71. The molecule has 0 radical (unpaired) electrons. The monoisotopic (exact) mass is 578 g/mol. The topological polar surface area (TPSA) is 225 Å². The summed E-state index contributed by atoms with van der Waals surface area (Å²) in [6, 6.07) is 0. The molecule has 0 fully saturated rings. The molecular weight excluding hydrogens is 536 g/mol. The molecule has 14 heteroatoms. The summed E-state index contributed by atoms with van der Waals surface area (Å²) in [6.45, 7) is 1.59. The minimum absolute atomic E-state index is 0. The van der Waals surface area contributed by atoms with Crippen LogP contribution < -0.4 is 0 Å². The largest absolute Gasteiger partial charge is 0.478 e. The van der Waals surface area contributed by atoms with Crippen LogP contribution in [0.25, 0.3) is 0 Å². The fourth-order valence-corrected chi connectivity index (χ4v) is 1.01. The van der Waals surface area contributed by atoms with Crippen LogP contribution in [-0.4, -0.2) is 96.9 Å². The highest BCUT2D eigenvalue weighted by Gasteiger charge is 1.95. The number of ether oxygens (including phenoxy) is 3. The Balaban J connectivity index is -0.0000000709. The van der Waals surface area contributed by atoms with Crippen LogP contribution in [-0.2, 0) is 52.6 Å². The zero-order chi connectivity index (χ0) is 29.8. The molecule has 0 aromatic carbocycles. The van der Waals surface area contributed by atoms with Gasteiger partial charge in [0.25, 0.3) is 0 Å². The van der Waals surface area contributed by atoms with Crippen molar-refractivity contribution in [1.82, 2.24) is 0 Å². The average Bonchev–Trinajstić information content (AvgIpc) is 2.87. The molecule has 14 nitrogen and oxygen atoms in total. The molecule has 0 aliphatic carbocycles. The lowest BCUT2D eigenvalue weighted by atomic mass is 10.3. The number of carboxylic acid groups (broad SMARTS) is 1. The number of hydrogen-bond donors (Lipinski definition) is 3. The number of allylic oxidation sites excluding steroid dienone is 2. The minimum atomic E-state index is -1.17. The minimum Gasteiger partial charge on any atom is -0.478 e. The number of aliphatic hydroxyl groups is 2. The molecule has 0 amide bonds. The van der Waals surface area contributed by atoms with Gasteiger partial charge in [-0.2, -0.15) is 0 Å². The number of carbonyl (C=O) groups is 8. The van der Waals surface area contributed by atoms with Crippen LogP contribution in [0.3, 0.4) is 0 Å². The normalized spacial score (nSPS) is 8.97. The van der Waals surface area contributed by atoms with Gasteiger partial charge in [-0.25, -0.2) is 19.2 Å². The van der Waals surface area contributed by atoms with Gasteiger partial charge in [0.05, 0.1) is 21.3 Å². The predicted molar refractivity (Wildman–Crippen MR) is 146 cm³/mol. The Morgan fingerprint density at radius 1 is 0.500 bits per heavy atom. The van der Waals surface area contributed by atoms with E-state index in [4.69, 9.17) is 15.3 Å². The van der Waals surface area contributed by atoms with Gasteiger partial charge in [0.15, 0.2) is 23.1 Å². The fraction of sp³-hybridized carbons (Fsp3) is 0.385. The third kappa shape index (κ3) is 54.4. The van der Waals surface area contributed by atoms with Crippen molar-refractivity contribution < 1.29 is 67.9 Å². The number of aliphatic hydroxyl groups excluding tert-OH is 2. The van der Waals surface area contributed by atoms with Crippen molar-refractivity contribution >= 4 is 47.0 Å². The molecule has 0 aliphatic rings. The molecular formula is C26H42O14. The Kier molecular flexibility index (Phi) is 47.5. The van der Waals surface area contributed by atoms with Gasteiger partial charge in [-0.3, -0.25) is 19.2 Å². The molecule has 3 N–H and O–H groups in total. The van der Waals surface area contributed by atoms with E-state index in [0.29, 0.717) is 6.08 Å². The summed E-state index contributed by atoms with van der Waals surface area (Å²) >= 11 is 0. The molecule has 40 heavy (non-hydrogen) atoms. The molecule has 0 bridgehead atoms. The van der Waals surface area contributed by atoms with E-state index < -0.39 is 48.7 Å². The van der Waals surface area contributed by atoms with Gasteiger partial charge in [0.2, 0.25) is 0 Å². The van der Waals surface area contributed by atoms with E-state index in [0.717, 1.165) is 42.5 Å². The van der Waals surface area contributed by atoms with Crippen LogP contribution in [0.4, 0.5) is 0 Å². The SMILES string of the molecule is C.C.C.CC(=O)/C=C/C(=O)CO.CC(=O)/C=C/C(=O)CO.COC(=O)/C=C/C(=O)O.COC(=O)/C=C/C(=O)OC. The van der Waals surface area contributed by atoms with E-state index in [-0.39, 0.29) is 33.8 Å². The number of ketones is 4. The Morgan fingerprint density at radius 3 is 0.925 bits per heavy atom. The van der Waals surface area contributed by atoms with Crippen LogP contribution in [0.1, 0.15) is 36.1 Å². The first-order chi connectivity index (χ1) is 17.2. The molecule has 0 atom stereocenters. The van der Waals surface area contributed by atoms with E-state index in [1.807, 2.05) is 0 Å². The molecule has 0 saturated carbocycles. The van der Waals surface area contributed by atoms with Gasteiger partial charge in [-0.05, 0) is 38.2 Å². The van der Waals surface area contributed by atoms with Crippen molar-refractivity contribution in [1.29, 1.82) is 0 Å². The first-order valence-corrected chi connectivity index (χ1v) is 9.68. The number of aliphatic carboxylic acids is 1. The van der Waals surface area contributed by atoms with Crippen LogP contribution >= 0.6 is 0 Å². The number of carbonyl (C=O) groups excluding carboxylic acids is 7. The lowest BCUT2D eigenvalue weighted by molar-refractivity contribution is -0.137. The van der Waals surface area contributed by atoms with E-state index in [1.165, 1.54) is 35.2 Å². The number of rotatable bonds is 10. The molecule has 0 aliphatic heterocycles. The Labute approximate surface area is 234 Å². The third-order valence-corrected chi connectivity index (χ3v) is 2.64. The third-order valence-electron chi connectivity index (χ3n) is 2.64. The maximum atomic E-state index is 10.3. The smallest absolute Gasteiger partial charge is 0.330 e. The standard InChI is InChI=1S/C6H8O4.2C6H8O3.C5H6O4.3CH4/c1-9-5(7)3-4-6(8)10-2;2*1-5(8)2-3-6(9)4-7;1-9-5(8)3-2-4(6)7;;;/h3-4H,1-2H3;2*2-3,7H,4H2,1H3;2-3H,1H3,(H,6,7);3*1H4/b4-3+;3*3-2+;;;. The van der Waals surface area contributed by atoms with Crippen molar-refractivity contribution in [2.24, 2.45) is 0 Å². The van der Waals surface area contributed by atoms with Gasteiger partial charge in [0, 0.05) is 24.3 Å². The molecule has 0 rings (SSSR count). The molecule has 0 aromatic heterocycles. The summed E-state index contributed by atoms with van der Waals surface area (Å²) in [5.74, 6) is -4.29. The summed E-state index contributed by atoms with van der Waals surface area (Å²) in [5, 5.41) is 24.2. The molecule has 0 unspecified atom stereocenters. The van der Waals surface area contributed by atoms with Crippen molar-refractivity contribution in [2.75, 3.05) is 34.5 Å². The average molecular weight is 579 g/mol. The second kappa shape index (κ2) is 36.6. The predicted octanol–water partition coefficient (Wildman–Crippen LogP) is 0.983. The van der Waals surface area contributed by atoms with Gasteiger partial charge in [-0.15, -0.1) is 0 Å². The summed E-state index contributed by atoms with van der Waals surface area (Å²) in [7, 11) is 3.63. The fourth-order valence-electron chi connectivity index (χ4n) is 1.01. The first kappa shape index (κ1) is 52.0. The van der Waals surface area contributed by atoms with Crippen LogP contribution in [0, 0.1) is 0 Å². The highest BCUT2D eigenvalue weighted by molar-refractivity contribution is 5.98. The maximum Gasteiger partial charge on any atom is 0.330 e. The lowest BCUT2D eigenvalue weighted by Gasteiger charge is -1.89. The number of esters is 3. The zero-order valence-electron chi connectivity index (χ0n) is 20.9. The molecule has 0 spiro atoms. The Hall–Kier alpha value is -4.56. The van der Waals surface area contributed by atoms with Gasteiger partial charge >= 0.3 is 23.9 Å². The van der Waals surface area contributed by atoms with Gasteiger partial charge < -0.3 is 29.5 Å².